The van der Waals surface area contributed by atoms with Gasteiger partial charge in [-0.3, -0.25) is 0 Å². The molecule has 0 aliphatic carbocycles. The van der Waals surface area contributed by atoms with Crippen LogP contribution in [0.3, 0.4) is 0 Å². The Bertz CT molecular complexity index is 551. The SMILES string of the molecule is Cc1[nH]c(SCCOCCC(C)C)nc1Cc1ccccc1. The Kier molecular flexibility index (Phi) is 7.00. The first-order valence-corrected chi connectivity index (χ1v) is 8.93. The zero-order valence-electron chi connectivity index (χ0n) is 13.8. The van der Waals surface area contributed by atoms with Gasteiger partial charge in [-0.1, -0.05) is 55.9 Å². The minimum Gasteiger partial charge on any atom is -0.381 e. The van der Waals surface area contributed by atoms with Gasteiger partial charge in [0.1, 0.15) is 0 Å². The molecule has 22 heavy (non-hydrogen) atoms. The summed E-state index contributed by atoms with van der Waals surface area (Å²) in [4.78, 5) is 8.07. The van der Waals surface area contributed by atoms with E-state index in [4.69, 9.17) is 9.72 Å². The molecule has 1 aromatic carbocycles. The summed E-state index contributed by atoms with van der Waals surface area (Å²) in [5, 5.41) is 0.996. The van der Waals surface area contributed by atoms with Gasteiger partial charge in [-0.15, -0.1) is 0 Å². The summed E-state index contributed by atoms with van der Waals surface area (Å²) >= 11 is 1.73. The summed E-state index contributed by atoms with van der Waals surface area (Å²) < 4.78 is 5.64. The van der Waals surface area contributed by atoms with Crippen LogP contribution in [0.2, 0.25) is 0 Å². The van der Waals surface area contributed by atoms with Gasteiger partial charge in [0.15, 0.2) is 5.16 Å². The topological polar surface area (TPSA) is 37.9 Å². The molecule has 3 nitrogen and oxygen atoms in total. The van der Waals surface area contributed by atoms with Crippen LogP contribution in [-0.2, 0) is 11.2 Å². The number of benzene rings is 1. The maximum absolute atomic E-state index is 5.64. The number of aromatic nitrogens is 2. The molecule has 0 radical (unpaired) electrons. The molecule has 4 heteroatoms. The number of imidazole rings is 1. The lowest BCUT2D eigenvalue weighted by atomic mass is 10.1. The van der Waals surface area contributed by atoms with Gasteiger partial charge in [-0.25, -0.2) is 4.98 Å². The van der Waals surface area contributed by atoms with Crippen molar-refractivity contribution in [3.63, 3.8) is 0 Å². The summed E-state index contributed by atoms with van der Waals surface area (Å²) in [5.41, 5.74) is 3.59. The summed E-state index contributed by atoms with van der Waals surface area (Å²) in [6, 6.07) is 10.5. The fourth-order valence-corrected chi connectivity index (χ4v) is 2.91. The lowest BCUT2D eigenvalue weighted by Gasteiger charge is -2.05. The first-order chi connectivity index (χ1) is 10.6. The molecule has 0 bridgehead atoms. The standard InChI is InChI=1S/C18H26N2OS/c1-14(2)9-10-21-11-12-22-18-19-15(3)17(20-18)13-16-7-5-4-6-8-16/h4-8,14H,9-13H2,1-3H3,(H,19,20). The van der Waals surface area contributed by atoms with Crippen LogP contribution in [0, 0.1) is 12.8 Å². The Morgan fingerprint density at radius 2 is 1.95 bits per heavy atom. The molecule has 0 saturated heterocycles. The van der Waals surface area contributed by atoms with Gasteiger partial charge in [0.2, 0.25) is 0 Å². The van der Waals surface area contributed by atoms with Gasteiger partial charge in [0, 0.05) is 24.5 Å². The molecule has 120 valence electrons. The molecule has 0 spiro atoms. The number of aromatic amines is 1. The number of thioether (sulfide) groups is 1. The third-order valence-corrected chi connectivity index (χ3v) is 4.32. The molecule has 1 aromatic heterocycles. The quantitative estimate of drug-likeness (QED) is 0.548. The van der Waals surface area contributed by atoms with Crippen molar-refractivity contribution in [2.24, 2.45) is 5.92 Å². The van der Waals surface area contributed by atoms with Crippen molar-refractivity contribution in [1.29, 1.82) is 0 Å². The summed E-state index contributed by atoms with van der Waals surface area (Å²) in [5.74, 6) is 1.65. The second-order valence-electron chi connectivity index (χ2n) is 5.92. The van der Waals surface area contributed by atoms with E-state index >= 15 is 0 Å². The van der Waals surface area contributed by atoms with Crippen molar-refractivity contribution in [3.8, 4) is 0 Å². The number of rotatable bonds is 9. The maximum atomic E-state index is 5.64. The van der Waals surface area contributed by atoms with E-state index in [9.17, 15) is 0 Å². The molecule has 0 fully saturated rings. The highest BCUT2D eigenvalue weighted by Gasteiger charge is 2.08. The van der Waals surface area contributed by atoms with Gasteiger partial charge in [0.25, 0.3) is 0 Å². The van der Waals surface area contributed by atoms with Crippen LogP contribution in [0.1, 0.15) is 37.2 Å². The third kappa shape index (κ3) is 5.85. The summed E-state index contributed by atoms with van der Waals surface area (Å²) in [6.07, 6.45) is 2.01. The minimum atomic E-state index is 0.709. The fourth-order valence-electron chi connectivity index (χ4n) is 2.11. The van der Waals surface area contributed by atoms with Crippen LogP contribution in [0.5, 0.6) is 0 Å². The van der Waals surface area contributed by atoms with Crippen molar-refractivity contribution in [2.75, 3.05) is 19.0 Å². The molecule has 1 N–H and O–H groups in total. The van der Waals surface area contributed by atoms with Crippen molar-refractivity contribution >= 4 is 11.8 Å². The highest BCUT2D eigenvalue weighted by atomic mass is 32.2. The van der Waals surface area contributed by atoms with E-state index in [0.29, 0.717) is 5.92 Å². The number of ether oxygens (including phenoxy) is 1. The van der Waals surface area contributed by atoms with E-state index in [1.807, 2.05) is 6.07 Å². The van der Waals surface area contributed by atoms with Crippen molar-refractivity contribution in [2.45, 2.75) is 38.8 Å². The number of H-pyrrole nitrogens is 1. The Morgan fingerprint density at radius 1 is 1.18 bits per heavy atom. The van der Waals surface area contributed by atoms with E-state index in [1.165, 1.54) is 5.56 Å². The van der Waals surface area contributed by atoms with Crippen LogP contribution < -0.4 is 0 Å². The maximum Gasteiger partial charge on any atom is 0.165 e. The Morgan fingerprint density at radius 3 is 2.68 bits per heavy atom. The number of hydrogen-bond acceptors (Lipinski definition) is 3. The fraction of sp³-hybridized carbons (Fsp3) is 0.500. The van der Waals surface area contributed by atoms with Gasteiger partial charge in [-0.2, -0.15) is 0 Å². The molecule has 0 amide bonds. The smallest absolute Gasteiger partial charge is 0.165 e. The van der Waals surface area contributed by atoms with Crippen LogP contribution in [-0.4, -0.2) is 28.9 Å². The monoisotopic (exact) mass is 318 g/mol. The Balaban J connectivity index is 1.75. The Hall–Kier alpha value is -1.26. The van der Waals surface area contributed by atoms with E-state index in [1.54, 1.807) is 11.8 Å². The molecule has 0 aliphatic rings. The average Bonchev–Trinajstić information content (AvgIpc) is 2.84. The number of nitrogens with one attached hydrogen (secondary N) is 1. The number of aryl methyl sites for hydroxylation is 1. The molecule has 2 rings (SSSR count). The molecule has 2 aromatic rings. The molecule has 0 unspecified atom stereocenters. The predicted octanol–water partition coefficient (Wildman–Crippen LogP) is 4.46. The molecule has 0 atom stereocenters. The average molecular weight is 318 g/mol. The van der Waals surface area contributed by atoms with E-state index in [0.717, 1.165) is 48.4 Å². The van der Waals surface area contributed by atoms with Gasteiger partial charge >= 0.3 is 0 Å². The van der Waals surface area contributed by atoms with Crippen LogP contribution in [0.25, 0.3) is 0 Å². The molecular weight excluding hydrogens is 292 g/mol. The van der Waals surface area contributed by atoms with Crippen molar-refractivity contribution in [3.05, 3.63) is 47.3 Å². The highest BCUT2D eigenvalue weighted by Crippen LogP contribution is 2.18. The molecule has 0 saturated carbocycles. The lowest BCUT2D eigenvalue weighted by molar-refractivity contribution is 0.138. The molecule has 0 aliphatic heterocycles. The summed E-state index contributed by atoms with van der Waals surface area (Å²) in [7, 11) is 0. The molecular formula is C18H26N2OS. The third-order valence-electron chi connectivity index (χ3n) is 3.48. The number of hydrogen-bond donors (Lipinski definition) is 1. The highest BCUT2D eigenvalue weighted by molar-refractivity contribution is 7.99. The first-order valence-electron chi connectivity index (χ1n) is 7.95. The van der Waals surface area contributed by atoms with E-state index < -0.39 is 0 Å². The van der Waals surface area contributed by atoms with Crippen molar-refractivity contribution in [1.82, 2.24) is 9.97 Å². The van der Waals surface area contributed by atoms with Crippen LogP contribution in [0.4, 0.5) is 0 Å². The van der Waals surface area contributed by atoms with E-state index in [-0.39, 0.29) is 0 Å². The van der Waals surface area contributed by atoms with Crippen LogP contribution in [0.15, 0.2) is 35.5 Å². The second kappa shape index (κ2) is 9.01. The van der Waals surface area contributed by atoms with Crippen LogP contribution >= 0.6 is 11.8 Å². The Labute approximate surface area is 137 Å². The predicted molar refractivity (Wildman–Crippen MR) is 93.6 cm³/mol. The summed E-state index contributed by atoms with van der Waals surface area (Å²) in [6.45, 7) is 8.17. The minimum absolute atomic E-state index is 0.709. The van der Waals surface area contributed by atoms with Gasteiger partial charge in [0.05, 0.1) is 12.3 Å². The number of nitrogens with zero attached hydrogens (tertiary/aromatic N) is 1. The lowest BCUT2D eigenvalue weighted by Crippen LogP contribution is -2.02. The normalized spacial score (nSPS) is 11.3. The zero-order chi connectivity index (χ0) is 15.8. The van der Waals surface area contributed by atoms with Gasteiger partial charge < -0.3 is 9.72 Å². The first kappa shape index (κ1) is 17.1. The van der Waals surface area contributed by atoms with E-state index in [2.05, 4.69) is 50.0 Å². The second-order valence-corrected chi connectivity index (χ2v) is 7.00. The molecule has 1 heterocycles. The largest absolute Gasteiger partial charge is 0.381 e. The van der Waals surface area contributed by atoms with Gasteiger partial charge in [-0.05, 0) is 24.8 Å². The van der Waals surface area contributed by atoms with Crippen molar-refractivity contribution < 1.29 is 4.74 Å². The zero-order valence-corrected chi connectivity index (χ0v) is 14.6.